The van der Waals surface area contributed by atoms with Gasteiger partial charge in [0.15, 0.2) is 0 Å². The lowest BCUT2D eigenvalue weighted by Gasteiger charge is -2.39. The van der Waals surface area contributed by atoms with Gasteiger partial charge in [0.25, 0.3) is 0 Å². The zero-order valence-corrected chi connectivity index (χ0v) is 22.7. The van der Waals surface area contributed by atoms with Crippen LogP contribution in [0.2, 0.25) is 0 Å². The number of rotatable bonds is 10. The third-order valence-corrected chi connectivity index (χ3v) is 10.5. The minimum Gasteiger partial charge on any atom is -0.314 e. The molecule has 0 aromatic heterocycles. The van der Waals surface area contributed by atoms with Crippen molar-refractivity contribution < 1.29 is 4.57 Å². The summed E-state index contributed by atoms with van der Waals surface area (Å²) in [5.41, 5.74) is 3.67. The van der Waals surface area contributed by atoms with Gasteiger partial charge in [0, 0.05) is 35.4 Å². The van der Waals surface area contributed by atoms with E-state index in [1.54, 1.807) is 0 Å². The largest absolute Gasteiger partial charge is 0.314 e. The molecule has 190 valence electrons. The molecule has 2 atom stereocenters. The number of hydrogen-bond acceptors (Lipinski definition) is 2. The van der Waals surface area contributed by atoms with Gasteiger partial charge in [-0.05, 0) is 23.6 Å². The van der Waals surface area contributed by atoms with Crippen molar-refractivity contribution in [1.29, 1.82) is 0 Å². The monoisotopic (exact) mass is 515 g/mol. The summed E-state index contributed by atoms with van der Waals surface area (Å²) in [6.45, 7) is 3.02. The van der Waals surface area contributed by atoms with Crippen LogP contribution in [0.15, 0.2) is 152 Å². The molecule has 0 aliphatic carbocycles. The molecule has 0 aliphatic heterocycles. The average Bonchev–Trinajstić information content (AvgIpc) is 3.01. The standard InChI is InChI=1S/C35H34NOP/c1-29(31-19-9-3-10-20-31)36(27-30-17-7-2-8-18-30)35(32-21-11-4-12-22-32)28-38(37,33-23-13-5-14-24-33)34-25-15-6-16-26-34/h2-26,29,35H,27-28H2,1H3/t29-,35-/m1/s1. The summed E-state index contributed by atoms with van der Waals surface area (Å²) in [6, 6.07) is 52.0. The Balaban J connectivity index is 1.66. The Morgan fingerprint density at radius 1 is 0.553 bits per heavy atom. The Labute approximate surface area is 227 Å². The summed E-state index contributed by atoms with van der Waals surface area (Å²) in [5.74, 6) is 0. The fourth-order valence-electron chi connectivity index (χ4n) is 5.25. The third kappa shape index (κ3) is 5.89. The number of hydrogen-bond donors (Lipinski definition) is 0. The summed E-state index contributed by atoms with van der Waals surface area (Å²) in [5, 5.41) is 1.80. The highest BCUT2D eigenvalue weighted by molar-refractivity contribution is 7.78. The quantitative estimate of drug-likeness (QED) is 0.176. The maximum absolute atomic E-state index is 15.3. The van der Waals surface area contributed by atoms with Crippen molar-refractivity contribution in [2.75, 3.05) is 6.16 Å². The first-order chi connectivity index (χ1) is 18.6. The number of nitrogens with zero attached hydrogens (tertiary/aromatic N) is 1. The van der Waals surface area contributed by atoms with E-state index in [0.717, 1.165) is 17.2 Å². The van der Waals surface area contributed by atoms with Gasteiger partial charge in [-0.2, -0.15) is 0 Å². The molecular weight excluding hydrogens is 481 g/mol. The van der Waals surface area contributed by atoms with Crippen molar-refractivity contribution in [1.82, 2.24) is 4.90 Å². The first kappa shape index (κ1) is 25.9. The maximum Gasteiger partial charge on any atom is 0.145 e. The zero-order chi connectivity index (χ0) is 26.2. The molecule has 0 saturated heterocycles. The molecule has 0 fully saturated rings. The van der Waals surface area contributed by atoms with Crippen molar-refractivity contribution >= 4 is 17.8 Å². The van der Waals surface area contributed by atoms with Crippen LogP contribution in [0.3, 0.4) is 0 Å². The molecule has 5 aromatic rings. The van der Waals surface area contributed by atoms with Gasteiger partial charge in [-0.3, -0.25) is 4.90 Å². The molecule has 3 heteroatoms. The third-order valence-electron chi connectivity index (χ3n) is 7.35. The van der Waals surface area contributed by atoms with Gasteiger partial charge >= 0.3 is 0 Å². The molecule has 0 N–H and O–H groups in total. The second-order valence-electron chi connectivity index (χ2n) is 9.76. The lowest BCUT2D eigenvalue weighted by Crippen LogP contribution is -2.35. The molecule has 0 bridgehead atoms. The molecule has 5 aromatic carbocycles. The van der Waals surface area contributed by atoms with Crippen LogP contribution in [-0.4, -0.2) is 11.1 Å². The van der Waals surface area contributed by atoms with E-state index < -0.39 is 7.14 Å². The van der Waals surface area contributed by atoms with E-state index in [0.29, 0.717) is 6.16 Å². The highest BCUT2D eigenvalue weighted by atomic mass is 31.2. The molecule has 0 spiro atoms. The summed E-state index contributed by atoms with van der Waals surface area (Å²) < 4.78 is 15.3. The van der Waals surface area contributed by atoms with Gasteiger partial charge in [0.2, 0.25) is 0 Å². The fourth-order valence-corrected chi connectivity index (χ4v) is 8.19. The Bertz CT molecular complexity index is 1400. The van der Waals surface area contributed by atoms with Crippen LogP contribution in [0.4, 0.5) is 0 Å². The molecule has 0 amide bonds. The van der Waals surface area contributed by atoms with E-state index in [1.807, 2.05) is 60.7 Å². The van der Waals surface area contributed by atoms with Crippen LogP contribution in [0.5, 0.6) is 0 Å². The topological polar surface area (TPSA) is 20.3 Å². The van der Waals surface area contributed by atoms with Crippen LogP contribution in [-0.2, 0) is 11.1 Å². The van der Waals surface area contributed by atoms with Gasteiger partial charge in [0.1, 0.15) is 7.14 Å². The van der Waals surface area contributed by atoms with Crippen LogP contribution in [0.25, 0.3) is 0 Å². The summed E-state index contributed by atoms with van der Waals surface area (Å²) >= 11 is 0. The molecular formula is C35H34NOP. The predicted molar refractivity (Wildman–Crippen MR) is 161 cm³/mol. The average molecular weight is 516 g/mol. The minimum absolute atomic E-state index is 0.0714. The van der Waals surface area contributed by atoms with Gasteiger partial charge in [-0.1, -0.05) is 152 Å². The minimum atomic E-state index is -2.98. The van der Waals surface area contributed by atoms with Crippen LogP contribution < -0.4 is 10.6 Å². The van der Waals surface area contributed by atoms with Gasteiger partial charge in [0.05, 0.1) is 0 Å². The van der Waals surface area contributed by atoms with Gasteiger partial charge in [-0.25, -0.2) is 0 Å². The van der Waals surface area contributed by atoms with Crippen LogP contribution in [0, 0.1) is 0 Å². The van der Waals surface area contributed by atoms with E-state index in [4.69, 9.17) is 0 Å². The molecule has 0 radical (unpaired) electrons. The Kier molecular flexibility index (Phi) is 8.34. The molecule has 0 heterocycles. The predicted octanol–water partition coefficient (Wildman–Crippen LogP) is 8.01. The summed E-state index contributed by atoms with van der Waals surface area (Å²) in [4.78, 5) is 2.53. The highest BCUT2D eigenvalue weighted by Crippen LogP contribution is 2.49. The Morgan fingerprint density at radius 3 is 1.42 bits per heavy atom. The van der Waals surface area contributed by atoms with E-state index in [9.17, 15) is 0 Å². The first-order valence-corrected chi connectivity index (χ1v) is 15.1. The lowest BCUT2D eigenvalue weighted by molar-refractivity contribution is 0.146. The summed E-state index contributed by atoms with van der Waals surface area (Å²) in [6.07, 6.45) is 0.509. The van der Waals surface area contributed by atoms with Crippen molar-refractivity contribution in [2.45, 2.75) is 25.6 Å². The molecule has 2 nitrogen and oxygen atoms in total. The van der Waals surface area contributed by atoms with Crippen molar-refractivity contribution in [3.05, 3.63) is 168 Å². The Hall–Kier alpha value is -3.71. The zero-order valence-electron chi connectivity index (χ0n) is 21.8. The molecule has 0 aliphatic rings. The smallest absolute Gasteiger partial charge is 0.145 e. The van der Waals surface area contributed by atoms with Crippen LogP contribution >= 0.6 is 7.14 Å². The lowest BCUT2D eigenvalue weighted by atomic mass is 10.00. The van der Waals surface area contributed by atoms with Crippen LogP contribution in [0.1, 0.15) is 35.7 Å². The van der Waals surface area contributed by atoms with Crippen molar-refractivity contribution in [2.24, 2.45) is 0 Å². The molecule has 0 saturated carbocycles. The second-order valence-corrected chi connectivity index (χ2v) is 12.6. The van der Waals surface area contributed by atoms with Crippen molar-refractivity contribution in [3.63, 3.8) is 0 Å². The van der Waals surface area contributed by atoms with Crippen molar-refractivity contribution in [3.8, 4) is 0 Å². The SMILES string of the molecule is C[C@H](c1ccccc1)N(Cc1ccccc1)[C@H](CP(=O)(c1ccccc1)c1ccccc1)c1ccccc1. The van der Waals surface area contributed by atoms with E-state index in [2.05, 4.69) is 103 Å². The maximum atomic E-state index is 15.3. The van der Waals surface area contributed by atoms with Gasteiger partial charge < -0.3 is 4.57 Å². The number of benzene rings is 5. The van der Waals surface area contributed by atoms with Gasteiger partial charge in [-0.15, -0.1) is 0 Å². The molecule has 38 heavy (non-hydrogen) atoms. The van der Waals surface area contributed by atoms with E-state index in [1.165, 1.54) is 16.7 Å². The van der Waals surface area contributed by atoms with E-state index in [-0.39, 0.29) is 12.1 Å². The Morgan fingerprint density at radius 2 is 0.947 bits per heavy atom. The first-order valence-electron chi connectivity index (χ1n) is 13.2. The summed E-state index contributed by atoms with van der Waals surface area (Å²) in [7, 11) is -2.98. The second kappa shape index (κ2) is 12.2. The normalized spacial score (nSPS) is 13.2. The highest BCUT2D eigenvalue weighted by Gasteiger charge is 2.36. The molecule has 5 rings (SSSR count). The fraction of sp³-hybridized carbons (Fsp3) is 0.143. The van der Waals surface area contributed by atoms with E-state index >= 15 is 4.57 Å². The molecule has 0 unspecified atom stereocenters.